The highest BCUT2D eigenvalue weighted by Gasteiger charge is 2.24. The summed E-state index contributed by atoms with van der Waals surface area (Å²) in [7, 11) is 0. The first-order chi connectivity index (χ1) is 29.0. The van der Waals surface area contributed by atoms with Gasteiger partial charge in [0, 0.05) is 6.42 Å². The monoisotopic (exact) mass is 836 g/mol. The number of hydrogen-bond donors (Lipinski definition) is 3. The van der Waals surface area contributed by atoms with Crippen molar-refractivity contribution >= 4 is 11.9 Å². The fourth-order valence-corrected chi connectivity index (χ4v) is 8.61. The SMILES string of the molecule is CCCCCCCCCCCCCCCCCCCC(CC(=O)NC(CO)C(O)CCCCCCCCCCCCC)OC(=O)CCCCCCCCCCCCCC. The molecule has 3 unspecified atom stereocenters. The van der Waals surface area contributed by atoms with Gasteiger partial charge in [-0.3, -0.25) is 9.59 Å². The van der Waals surface area contributed by atoms with Crippen molar-refractivity contribution < 1.29 is 24.5 Å². The van der Waals surface area contributed by atoms with E-state index in [2.05, 4.69) is 26.1 Å². The highest BCUT2D eigenvalue weighted by Crippen LogP contribution is 2.19. The van der Waals surface area contributed by atoms with E-state index in [1.807, 2.05) is 0 Å². The molecule has 0 fully saturated rings. The molecule has 352 valence electrons. The summed E-state index contributed by atoms with van der Waals surface area (Å²) >= 11 is 0. The van der Waals surface area contributed by atoms with Crippen LogP contribution in [0.15, 0.2) is 0 Å². The van der Waals surface area contributed by atoms with Crippen molar-refractivity contribution in [3.05, 3.63) is 0 Å². The minimum Gasteiger partial charge on any atom is -0.462 e. The smallest absolute Gasteiger partial charge is 0.306 e. The average molecular weight is 836 g/mol. The molecule has 59 heavy (non-hydrogen) atoms. The van der Waals surface area contributed by atoms with Gasteiger partial charge in [0.25, 0.3) is 0 Å². The molecule has 0 aliphatic rings. The first kappa shape index (κ1) is 57.9. The summed E-state index contributed by atoms with van der Waals surface area (Å²) in [4.78, 5) is 26.1. The molecular formula is C53H105NO5. The fraction of sp³-hybridized carbons (Fsp3) is 0.962. The lowest BCUT2D eigenvalue weighted by atomic mass is 10.0. The van der Waals surface area contributed by atoms with Gasteiger partial charge in [-0.05, 0) is 25.7 Å². The number of aliphatic hydroxyl groups excluding tert-OH is 2. The zero-order valence-corrected chi connectivity index (χ0v) is 40.2. The van der Waals surface area contributed by atoms with Crippen LogP contribution in [0.25, 0.3) is 0 Å². The van der Waals surface area contributed by atoms with Gasteiger partial charge in [0.05, 0.1) is 25.2 Å². The van der Waals surface area contributed by atoms with Gasteiger partial charge < -0.3 is 20.3 Å². The number of amides is 1. The van der Waals surface area contributed by atoms with E-state index >= 15 is 0 Å². The van der Waals surface area contributed by atoms with Crippen LogP contribution in [0.1, 0.15) is 303 Å². The van der Waals surface area contributed by atoms with Gasteiger partial charge in [0.15, 0.2) is 0 Å². The molecular weight excluding hydrogens is 731 g/mol. The zero-order valence-electron chi connectivity index (χ0n) is 40.2. The normalized spacial score (nSPS) is 13.1. The van der Waals surface area contributed by atoms with Gasteiger partial charge in [-0.2, -0.15) is 0 Å². The second-order valence-corrected chi connectivity index (χ2v) is 18.6. The van der Waals surface area contributed by atoms with Crippen molar-refractivity contribution in [2.24, 2.45) is 0 Å². The Balaban J connectivity index is 4.50. The van der Waals surface area contributed by atoms with Crippen LogP contribution >= 0.6 is 0 Å². The van der Waals surface area contributed by atoms with Gasteiger partial charge in [0.1, 0.15) is 6.10 Å². The Morgan fingerprint density at radius 1 is 0.424 bits per heavy atom. The van der Waals surface area contributed by atoms with Crippen LogP contribution in [0.4, 0.5) is 0 Å². The molecule has 0 rings (SSSR count). The Bertz CT molecular complexity index is 852. The second kappa shape index (κ2) is 47.9. The summed E-state index contributed by atoms with van der Waals surface area (Å²) in [6, 6.07) is -0.691. The maximum Gasteiger partial charge on any atom is 0.306 e. The summed E-state index contributed by atoms with van der Waals surface area (Å²) in [6.07, 6.45) is 51.6. The van der Waals surface area contributed by atoms with Crippen molar-refractivity contribution in [1.29, 1.82) is 0 Å². The highest BCUT2D eigenvalue weighted by atomic mass is 16.5. The molecule has 6 nitrogen and oxygen atoms in total. The van der Waals surface area contributed by atoms with Crippen molar-refractivity contribution in [3.63, 3.8) is 0 Å². The summed E-state index contributed by atoms with van der Waals surface area (Å²) in [6.45, 7) is 6.51. The van der Waals surface area contributed by atoms with Crippen molar-refractivity contribution in [2.45, 2.75) is 322 Å². The van der Waals surface area contributed by atoms with Crippen molar-refractivity contribution in [2.75, 3.05) is 6.61 Å². The standard InChI is InChI=1S/C53H105NO5/c1-4-7-10-13-16-19-22-24-25-26-27-28-30-32-35-38-41-44-49(59-53(58)46-43-40-37-34-31-23-20-17-14-11-8-5-2)47-52(57)54-50(48-55)51(56)45-42-39-36-33-29-21-18-15-12-9-6-3/h49-51,55-56H,4-48H2,1-3H3,(H,54,57). The molecule has 3 atom stereocenters. The number of carbonyl (C=O) groups is 2. The lowest BCUT2D eigenvalue weighted by Gasteiger charge is -2.24. The third-order valence-corrected chi connectivity index (χ3v) is 12.7. The summed E-state index contributed by atoms with van der Waals surface area (Å²) in [5, 5.41) is 23.8. The maximum absolute atomic E-state index is 13.2. The number of esters is 1. The van der Waals surface area contributed by atoms with Crippen molar-refractivity contribution in [3.8, 4) is 0 Å². The molecule has 0 heterocycles. The van der Waals surface area contributed by atoms with Gasteiger partial charge in [-0.15, -0.1) is 0 Å². The number of hydrogen-bond acceptors (Lipinski definition) is 5. The molecule has 0 bridgehead atoms. The second-order valence-electron chi connectivity index (χ2n) is 18.6. The molecule has 0 radical (unpaired) electrons. The Morgan fingerprint density at radius 3 is 1.03 bits per heavy atom. The minimum absolute atomic E-state index is 0.0880. The summed E-state index contributed by atoms with van der Waals surface area (Å²) in [5.74, 6) is -0.450. The number of nitrogens with one attached hydrogen (secondary N) is 1. The third-order valence-electron chi connectivity index (χ3n) is 12.7. The molecule has 0 aliphatic carbocycles. The fourth-order valence-electron chi connectivity index (χ4n) is 8.61. The van der Waals surface area contributed by atoms with Gasteiger partial charge >= 0.3 is 5.97 Å². The number of unbranched alkanes of at least 4 members (excludes halogenated alkanes) is 37. The van der Waals surface area contributed by atoms with E-state index in [1.54, 1.807) is 0 Å². The van der Waals surface area contributed by atoms with Gasteiger partial charge in [-0.1, -0.05) is 265 Å². The molecule has 6 heteroatoms. The number of ether oxygens (including phenoxy) is 1. The maximum atomic E-state index is 13.2. The zero-order chi connectivity index (χ0) is 43.1. The average Bonchev–Trinajstić information content (AvgIpc) is 3.23. The van der Waals surface area contributed by atoms with Crippen LogP contribution in [0.3, 0.4) is 0 Å². The van der Waals surface area contributed by atoms with Crippen molar-refractivity contribution in [1.82, 2.24) is 5.32 Å². The van der Waals surface area contributed by atoms with E-state index in [0.29, 0.717) is 19.3 Å². The Morgan fingerprint density at radius 2 is 0.712 bits per heavy atom. The van der Waals surface area contributed by atoms with Crippen LogP contribution in [0, 0.1) is 0 Å². The molecule has 0 saturated heterocycles. The number of carbonyl (C=O) groups excluding carboxylic acids is 2. The molecule has 0 aromatic heterocycles. The summed E-state index contributed by atoms with van der Waals surface area (Å²) in [5.41, 5.74) is 0. The molecule has 0 aromatic carbocycles. The first-order valence-electron chi connectivity index (χ1n) is 26.8. The Hall–Kier alpha value is -1.14. The van der Waals surface area contributed by atoms with E-state index in [4.69, 9.17) is 4.74 Å². The number of rotatable bonds is 49. The molecule has 1 amide bonds. The predicted octanol–water partition coefficient (Wildman–Crippen LogP) is 16.0. The van der Waals surface area contributed by atoms with Crippen LogP contribution in [-0.4, -0.2) is 46.9 Å². The van der Waals surface area contributed by atoms with Crippen LogP contribution < -0.4 is 5.32 Å². The van der Waals surface area contributed by atoms with Crippen LogP contribution in [0.5, 0.6) is 0 Å². The number of aliphatic hydroxyl groups is 2. The lowest BCUT2D eigenvalue weighted by molar-refractivity contribution is -0.151. The molecule has 0 aromatic rings. The van der Waals surface area contributed by atoms with E-state index in [-0.39, 0.29) is 24.9 Å². The predicted molar refractivity (Wildman–Crippen MR) is 255 cm³/mol. The highest BCUT2D eigenvalue weighted by molar-refractivity contribution is 5.77. The topological polar surface area (TPSA) is 95.9 Å². The quantitative estimate of drug-likeness (QED) is 0.0419. The molecule has 0 aliphatic heterocycles. The molecule has 0 spiro atoms. The van der Waals surface area contributed by atoms with E-state index in [0.717, 1.165) is 44.9 Å². The molecule has 3 N–H and O–H groups in total. The molecule has 0 saturated carbocycles. The minimum atomic E-state index is -0.778. The van der Waals surface area contributed by atoms with E-state index in [1.165, 1.54) is 212 Å². The Kier molecular flexibility index (Phi) is 47.0. The summed E-state index contributed by atoms with van der Waals surface area (Å²) < 4.78 is 5.94. The lowest BCUT2D eigenvalue weighted by Crippen LogP contribution is -2.46. The Labute approximate surface area is 368 Å². The van der Waals surface area contributed by atoms with Gasteiger partial charge in [-0.25, -0.2) is 0 Å². The van der Waals surface area contributed by atoms with E-state index in [9.17, 15) is 19.8 Å². The van der Waals surface area contributed by atoms with Crippen LogP contribution in [-0.2, 0) is 14.3 Å². The largest absolute Gasteiger partial charge is 0.462 e. The first-order valence-corrected chi connectivity index (χ1v) is 26.8. The van der Waals surface area contributed by atoms with Crippen LogP contribution in [0.2, 0.25) is 0 Å². The van der Waals surface area contributed by atoms with Gasteiger partial charge in [0.2, 0.25) is 5.91 Å². The third kappa shape index (κ3) is 43.3. The van der Waals surface area contributed by atoms with E-state index < -0.39 is 18.2 Å².